The quantitative estimate of drug-likeness (QED) is 0.701. The van der Waals surface area contributed by atoms with Gasteiger partial charge in [-0.15, -0.1) is 0 Å². The maximum absolute atomic E-state index is 12.5. The third-order valence-electron chi connectivity index (χ3n) is 4.16. The van der Waals surface area contributed by atoms with Crippen LogP contribution in [0.3, 0.4) is 0 Å². The van der Waals surface area contributed by atoms with Gasteiger partial charge in [0.1, 0.15) is 0 Å². The Morgan fingerprint density at radius 1 is 1.12 bits per heavy atom. The van der Waals surface area contributed by atoms with E-state index in [-0.39, 0.29) is 11.8 Å². The van der Waals surface area contributed by atoms with Gasteiger partial charge in [0.15, 0.2) is 0 Å². The molecule has 5 nitrogen and oxygen atoms in total. The first kappa shape index (κ1) is 18.3. The Hall–Kier alpha value is -1.45. The number of carbonyl (C=O) groups is 2. The molecular formula is C18H20IN3O2S. The van der Waals surface area contributed by atoms with Crippen molar-refractivity contribution in [1.82, 2.24) is 9.80 Å². The molecule has 1 aromatic carbocycles. The Bertz CT molecular complexity index is 736. The molecule has 1 aliphatic rings. The van der Waals surface area contributed by atoms with Gasteiger partial charge >= 0.3 is 0 Å². The topological polar surface area (TPSA) is 52.7 Å². The number of halogens is 1. The average Bonchev–Trinajstić information content (AvgIpc) is 3.04. The second-order valence-electron chi connectivity index (χ2n) is 5.96. The van der Waals surface area contributed by atoms with Crippen LogP contribution in [0.4, 0.5) is 5.69 Å². The van der Waals surface area contributed by atoms with Crippen molar-refractivity contribution in [2.45, 2.75) is 6.42 Å². The van der Waals surface area contributed by atoms with E-state index >= 15 is 0 Å². The molecule has 2 amide bonds. The number of carbonyl (C=O) groups excluding carboxylic acids is 2. The van der Waals surface area contributed by atoms with Crippen molar-refractivity contribution < 1.29 is 9.59 Å². The lowest BCUT2D eigenvalue weighted by Gasteiger charge is -2.21. The van der Waals surface area contributed by atoms with E-state index in [0.29, 0.717) is 13.1 Å². The lowest BCUT2D eigenvalue weighted by molar-refractivity contribution is -0.117. The monoisotopic (exact) mass is 469 g/mol. The smallest absolute Gasteiger partial charge is 0.254 e. The molecule has 132 valence electrons. The summed E-state index contributed by atoms with van der Waals surface area (Å²) in [4.78, 5) is 28.8. The van der Waals surface area contributed by atoms with Crippen LogP contribution in [-0.2, 0) is 4.79 Å². The number of rotatable bonds is 4. The average molecular weight is 469 g/mol. The van der Waals surface area contributed by atoms with Gasteiger partial charge in [-0.25, -0.2) is 0 Å². The van der Waals surface area contributed by atoms with Crippen LogP contribution in [0.15, 0.2) is 41.1 Å². The molecule has 1 N–H and O–H groups in total. The molecule has 0 radical (unpaired) electrons. The maximum atomic E-state index is 12.5. The molecule has 7 heteroatoms. The van der Waals surface area contributed by atoms with Gasteiger partial charge in [-0.3, -0.25) is 14.5 Å². The van der Waals surface area contributed by atoms with Crippen molar-refractivity contribution in [2.24, 2.45) is 0 Å². The molecule has 1 saturated heterocycles. The summed E-state index contributed by atoms with van der Waals surface area (Å²) < 4.78 is 1.02. The lowest BCUT2D eigenvalue weighted by Crippen LogP contribution is -2.38. The minimum absolute atomic E-state index is 0.0123. The molecule has 0 aliphatic carbocycles. The number of amides is 2. The Morgan fingerprint density at radius 3 is 2.72 bits per heavy atom. The van der Waals surface area contributed by atoms with Crippen molar-refractivity contribution in [1.29, 1.82) is 0 Å². The van der Waals surface area contributed by atoms with Crippen molar-refractivity contribution in [3.8, 4) is 0 Å². The molecule has 1 aliphatic heterocycles. The summed E-state index contributed by atoms with van der Waals surface area (Å²) in [5.41, 5.74) is 1.60. The Balaban J connectivity index is 1.52. The van der Waals surface area contributed by atoms with Gasteiger partial charge < -0.3 is 10.2 Å². The summed E-state index contributed by atoms with van der Waals surface area (Å²) >= 11 is 3.75. The molecule has 3 rings (SSSR count). The molecule has 0 saturated carbocycles. The van der Waals surface area contributed by atoms with Crippen molar-refractivity contribution in [2.75, 3.05) is 38.0 Å². The highest BCUT2D eigenvalue weighted by molar-refractivity contribution is 14.1. The van der Waals surface area contributed by atoms with Crippen LogP contribution in [0.5, 0.6) is 0 Å². The first-order valence-corrected chi connectivity index (χ1v) is 10.2. The van der Waals surface area contributed by atoms with E-state index in [0.717, 1.165) is 40.9 Å². The SMILES string of the molecule is O=C(CN1CCCN(C(=O)c2ccsc2)CC1)Nc1ccccc1I. The maximum Gasteiger partial charge on any atom is 0.254 e. The van der Waals surface area contributed by atoms with Crippen LogP contribution in [-0.4, -0.2) is 54.3 Å². The third-order valence-corrected chi connectivity index (χ3v) is 5.78. The summed E-state index contributed by atoms with van der Waals surface area (Å²) in [5.74, 6) is 0.0770. The van der Waals surface area contributed by atoms with Crippen molar-refractivity contribution >= 4 is 51.4 Å². The fraction of sp³-hybridized carbons (Fsp3) is 0.333. The fourth-order valence-electron chi connectivity index (χ4n) is 2.86. The molecule has 1 aromatic heterocycles. The third kappa shape index (κ3) is 5.02. The molecule has 1 fully saturated rings. The van der Waals surface area contributed by atoms with Crippen molar-refractivity contribution in [3.63, 3.8) is 0 Å². The molecule has 2 heterocycles. The second-order valence-corrected chi connectivity index (χ2v) is 7.90. The molecule has 2 aromatic rings. The number of benzene rings is 1. The second kappa shape index (κ2) is 8.77. The minimum Gasteiger partial charge on any atom is -0.337 e. The number of nitrogens with one attached hydrogen (secondary N) is 1. The number of nitrogens with zero attached hydrogens (tertiary/aromatic N) is 2. The zero-order valence-electron chi connectivity index (χ0n) is 13.8. The molecule has 0 spiro atoms. The Kier molecular flexibility index (Phi) is 6.44. The van der Waals surface area contributed by atoms with Gasteiger partial charge in [-0.2, -0.15) is 11.3 Å². The summed E-state index contributed by atoms with van der Waals surface area (Å²) in [6.07, 6.45) is 0.881. The zero-order chi connectivity index (χ0) is 17.6. The minimum atomic E-state index is -0.0123. The summed E-state index contributed by atoms with van der Waals surface area (Å²) in [7, 11) is 0. The van der Waals surface area contributed by atoms with Gasteiger partial charge in [0, 0.05) is 35.1 Å². The molecular weight excluding hydrogens is 449 g/mol. The number of hydrogen-bond acceptors (Lipinski definition) is 4. The number of para-hydroxylation sites is 1. The highest BCUT2D eigenvalue weighted by Gasteiger charge is 2.21. The highest BCUT2D eigenvalue weighted by Crippen LogP contribution is 2.17. The van der Waals surface area contributed by atoms with E-state index in [9.17, 15) is 9.59 Å². The van der Waals surface area contributed by atoms with Gasteiger partial charge in [0.05, 0.1) is 17.8 Å². The first-order chi connectivity index (χ1) is 12.1. The molecule has 0 atom stereocenters. The van der Waals surface area contributed by atoms with E-state index in [1.54, 1.807) is 0 Å². The number of anilines is 1. The Morgan fingerprint density at radius 2 is 1.96 bits per heavy atom. The lowest BCUT2D eigenvalue weighted by atomic mass is 10.3. The highest BCUT2D eigenvalue weighted by atomic mass is 127. The van der Waals surface area contributed by atoms with Gasteiger partial charge in [0.25, 0.3) is 5.91 Å². The van der Waals surface area contributed by atoms with E-state index in [4.69, 9.17) is 0 Å². The van der Waals surface area contributed by atoms with Crippen LogP contribution in [0.1, 0.15) is 16.8 Å². The summed E-state index contributed by atoms with van der Waals surface area (Å²) in [6.45, 7) is 3.29. The van der Waals surface area contributed by atoms with Crippen LogP contribution in [0, 0.1) is 3.57 Å². The van der Waals surface area contributed by atoms with Crippen LogP contribution >= 0.6 is 33.9 Å². The molecule has 0 bridgehead atoms. The largest absolute Gasteiger partial charge is 0.337 e. The standard InChI is InChI=1S/C18H20IN3O2S/c19-15-4-1-2-5-16(15)20-17(23)12-21-7-3-8-22(10-9-21)18(24)14-6-11-25-13-14/h1-2,4-6,11,13H,3,7-10,12H2,(H,20,23). The van der Waals surface area contributed by atoms with E-state index < -0.39 is 0 Å². The Labute approximate surface area is 165 Å². The molecule has 25 heavy (non-hydrogen) atoms. The summed E-state index contributed by atoms with van der Waals surface area (Å²) in [6, 6.07) is 9.60. The fourth-order valence-corrected chi connectivity index (χ4v) is 4.01. The van der Waals surface area contributed by atoms with Gasteiger partial charge in [0.2, 0.25) is 5.91 Å². The number of hydrogen-bond donors (Lipinski definition) is 1. The zero-order valence-corrected chi connectivity index (χ0v) is 16.8. The van der Waals surface area contributed by atoms with Crippen LogP contribution in [0.25, 0.3) is 0 Å². The predicted octanol–water partition coefficient (Wildman–Crippen LogP) is 3.14. The van der Waals surface area contributed by atoms with E-state index in [1.165, 1.54) is 11.3 Å². The first-order valence-electron chi connectivity index (χ1n) is 8.21. The van der Waals surface area contributed by atoms with E-state index in [1.807, 2.05) is 46.0 Å². The van der Waals surface area contributed by atoms with Crippen LogP contribution in [0.2, 0.25) is 0 Å². The predicted molar refractivity (Wildman–Crippen MR) is 109 cm³/mol. The van der Waals surface area contributed by atoms with E-state index in [2.05, 4.69) is 32.8 Å². The summed E-state index contributed by atoms with van der Waals surface area (Å²) in [5, 5.41) is 6.78. The number of thiophene rings is 1. The normalized spacial score (nSPS) is 15.6. The van der Waals surface area contributed by atoms with Crippen LogP contribution < -0.4 is 5.32 Å². The van der Waals surface area contributed by atoms with Gasteiger partial charge in [-0.1, -0.05) is 12.1 Å². The van der Waals surface area contributed by atoms with Crippen molar-refractivity contribution in [3.05, 3.63) is 50.2 Å². The molecule has 0 unspecified atom stereocenters. The van der Waals surface area contributed by atoms with Gasteiger partial charge in [-0.05, 0) is 52.6 Å².